The quantitative estimate of drug-likeness (QED) is 0.410. The highest BCUT2D eigenvalue weighted by Crippen LogP contribution is 2.40. The van der Waals surface area contributed by atoms with Gasteiger partial charge >= 0.3 is 5.97 Å². The van der Waals surface area contributed by atoms with Crippen molar-refractivity contribution in [3.63, 3.8) is 0 Å². The van der Waals surface area contributed by atoms with Gasteiger partial charge in [0.25, 0.3) is 5.69 Å². The van der Waals surface area contributed by atoms with Crippen LogP contribution in [0.4, 0.5) is 11.4 Å². The van der Waals surface area contributed by atoms with E-state index in [2.05, 4.69) is 4.90 Å². The van der Waals surface area contributed by atoms with Crippen LogP contribution in [0.15, 0.2) is 42.5 Å². The smallest absolute Gasteiger partial charge is 0.337 e. The second-order valence-electron chi connectivity index (χ2n) is 7.83. The Labute approximate surface area is 181 Å². The van der Waals surface area contributed by atoms with Crippen LogP contribution in [0.3, 0.4) is 0 Å². The minimum Gasteiger partial charge on any atom is -0.465 e. The molecule has 1 fully saturated rings. The summed E-state index contributed by atoms with van der Waals surface area (Å²) in [5.41, 5.74) is 8.39. The first-order chi connectivity index (χ1) is 14.8. The minimum atomic E-state index is -0.711. The molecule has 8 nitrogen and oxygen atoms in total. The van der Waals surface area contributed by atoms with E-state index in [9.17, 15) is 19.7 Å². The first-order valence-electron chi connectivity index (χ1n) is 10.3. The van der Waals surface area contributed by atoms with E-state index in [-0.39, 0.29) is 5.69 Å². The second kappa shape index (κ2) is 9.59. The van der Waals surface area contributed by atoms with Crippen LogP contribution >= 0.6 is 0 Å². The largest absolute Gasteiger partial charge is 0.465 e. The molecule has 1 aliphatic heterocycles. The summed E-state index contributed by atoms with van der Waals surface area (Å²) in [6.45, 7) is 3.59. The van der Waals surface area contributed by atoms with E-state index >= 15 is 0 Å². The molecule has 2 aromatic rings. The zero-order chi connectivity index (χ0) is 22.5. The predicted octanol–water partition coefficient (Wildman–Crippen LogP) is 3.74. The van der Waals surface area contributed by atoms with Crippen molar-refractivity contribution in [3.05, 3.63) is 69.3 Å². The van der Waals surface area contributed by atoms with Crippen molar-refractivity contribution in [2.75, 3.05) is 25.1 Å². The molecule has 1 heterocycles. The molecular weight excluding hydrogens is 398 g/mol. The Morgan fingerprint density at radius 1 is 1.10 bits per heavy atom. The second-order valence-corrected chi connectivity index (χ2v) is 7.83. The summed E-state index contributed by atoms with van der Waals surface area (Å²) in [6, 6.07) is 11.4. The van der Waals surface area contributed by atoms with Crippen molar-refractivity contribution in [3.8, 4) is 0 Å². The maximum absolute atomic E-state index is 12.5. The van der Waals surface area contributed by atoms with Crippen LogP contribution in [0, 0.1) is 10.1 Å². The number of non-ortho nitro benzene ring substituents is 1. The maximum atomic E-state index is 12.5. The lowest BCUT2D eigenvalue weighted by Crippen LogP contribution is -2.32. The molecule has 2 aromatic carbocycles. The van der Waals surface area contributed by atoms with Gasteiger partial charge in [-0.15, -0.1) is 0 Å². The molecule has 2 atom stereocenters. The third-order valence-electron chi connectivity index (χ3n) is 5.91. The third kappa shape index (κ3) is 4.84. The van der Waals surface area contributed by atoms with Gasteiger partial charge in [-0.05, 0) is 54.5 Å². The molecule has 0 aromatic heterocycles. The number of nitro groups is 1. The number of hydrogen-bond acceptors (Lipinski definition) is 6. The number of anilines is 1. The SMILES string of the molecule is COC(=O)c1ccc(C(C(N)=O)C(C)c2cc([N+](=O)[O-])ccc2N2CCCCC2)cc1. The van der Waals surface area contributed by atoms with Gasteiger partial charge in [0.15, 0.2) is 0 Å². The number of piperidine rings is 1. The number of hydrogen-bond donors (Lipinski definition) is 1. The highest BCUT2D eigenvalue weighted by atomic mass is 16.6. The fourth-order valence-corrected chi connectivity index (χ4v) is 4.27. The number of amides is 1. The molecule has 1 amide bonds. The van der Waals surface area contributed by atoms with E-state index in [0.29, 0.717) is 11.1 Å². The molecule has 0 radical (unpaired) electrons. The molecule has 0 saturated carbocycles. The number of ether oxygens (including phenoxy) is 1. The summed E-state index contributed by atoms with van der Waals surface area (Å²) in [4.78, 5) is 37.4. The van der Waals surface area contributed by atoms with Crippen LogP contribution in [0.1, 0.15) is 59.5 Å². The summed E-state index contributed by atoms with van der Waals surface area (Å²) >= 11 is 0. The first-order valence-corrected chi connectivity index (χ1v) is 10.3. The number of carbonyl (C=O) groups excluding carboxylic acids is 2. The van der Waals surface area contributed by atoms with Crippen LogP contribution < -0.4 is 10.6 Å². The van der Waals surface area contributed by atoms with E-state index in [1.807, 2.05) is 6.92 Å². The molecule has 1 saturated heterocycles. The molecule has 1 aliphatic rings. The van der Waals surface area contributed by atoms with Gasteiger partial charge in [0.05, 0.1) is 23.5 Å². The highest BCUT2D eigenvalue weighted by molar-refractivity contribution is 5.90. The van der Waals surface area contributed by atoms with Crippen LogP contribution in [0.5, 0.6) is 0 Å². The number of nitrogens with zero attached hydrogens (tertiary/aromatic N) is 2. The summed E-state index contributed by atoms with van der Waals surface area (Å²) in [5.74, 6) is -2.12. The van der Waals surface area contributed by atoms with Crippen LogP contribution in [0.2, 0.25) is 0 Å². The molecule has 0 bridgehead atoms. The Morgan fingerprint density at radius 2 is 1.74 bits per heavy atom. The van der Waals surface area contributed by atoms with Crippen LogP contribution in [0.25, 0.3) is 0 Å². The molecule has 164 valence electrons. The van der Waals surface area contributed by atoms with E-state index in [1.54, 1.807) is 36.4 Å². The van der Waals surface area contributed by atoms with Gasteiger partial charge in [-0.3, -0.25) is 14.9 Å². The summed E-state index contributed by atoms with van der Waals surface area (Å²) < 4.78 is 4.72. The monoisotopic (exact) mass is 425 g/mol. The Kier molecular flexibility index (Phi) is 6.89. The molecule has 2 N–H and O–H groups in total. The summed E-state index contributed by atoms with van der Waals surface area (Å²) in [5, 5.41) is 11.4. The number of benzene rings is 2. The van der Waals surface area contributed by atoms with Crippen LogP contribution in [-0.4, -0.2) is 37.0 Å². The van der Waals surface area contributed by atoms with Crippen molar-refractivity contribution in [2.45, 2.75) is 38.0 Å². The fourth-order valence-electron chi connectivity index (χ4n) is 4.27. The zero-order valence-corrected chi connectivity index (χ0v) is 17.7. The number of rotatable bonds is 7. The summed E-state index contributed by atoms with van der Waals surface area (Å²) in [6.07, 6.45) is 3.27. The Morgan fingerprint density at radius 3 is 2.29 bits per heavy atom. The molecular formula is C23H27N3O5. The van der Waals surface area contributed by atoms with E-state index < -0.39 is 28.6 Å². The molecule has 31 heavy (non-hydrogen) atoms. The lowest BCUT2D eigenvalue weighted by molar-refractivity contribution is -0.384. The Bertz CT molecular complexity index is 968. The van der Waals surface area contributed by atoms with Gasteiger partial charge in [0, 0.05) is 30.9 Å². The molecule has 8 heteroatoms. The van der Waals surface area contributed by atoms with Gasteiger partial charge in [0.2, 0.25) is 5.91 Å². The molecule has 2 unspecified atom stereocenters. The zero-order valence-electron chi connectivity index (χ0n) is 17.7. The van der Waals surface area contributed by atoms with E-state index in [1.165, 1.54) is 13.2 Å². The van der Waals surface area contributed by atoms with Crippen molar-refractivity contribution in [1.82, 2.24) is 0 Å². The normalized spacial score (nSPS) is 15.7. The maximum Gasteiger partial charge on any atom is 0.337 e. The van der Waals surface area contributed by atoms with Gasteiger partial charge in [-0.2, -0.15) is 0 Å². The lowest BCUT2D eigenvalue weighted by atomic mass is 9.80. The van der Waals surface area contributed by atoms with Gasteiger partial charge < -0.3 is 15.4 Å². The number of carbonyl (C=O) groups is 2. The standard InChI is InChI=1S/C23H27N3O5/c1-15(21(22(24)27)16-6-8-17(9-7-16)23(28)31-2)19-14-18(26(29)30)10-11-20(19)25-12-4-3-5-13-25/h6-11,14-15,21H,3-5,12-13H2,1-2H3,(H2,24,27). The fraction of sp³-hybridized carbons (Fsp3) is 0.391. The van der Waals surface area contributed by atoms with Crippen molar-refractivity contribution >= 4 is 23.3 Å². The first kappa shape index (κ1) is 22.3. The Balaban J connectivity index is 2.03. The van der Waals surface area contributed by atoms with Crippen molar-refractivity contribution in [1.29, 1.82) is 0 Å². The van der Waals surface area contributed by atoms with Crippen LogP contribution in [-0.2, 0) is 9.53 Å². The molecule has 0 spiro atoms. The number of primary amides is 1. The van der Waals surface area contributed by atoms with Gasteiger partial charge in [-0.25, -0.2) is 4.79 Å². The van der Waals surface area contributed by atoms with Crippen molar-refractivity contribution < 1.29 is 19.2 Å². The third-order valence-corrected chi connectivity index (χ3v) is 5.91. The molecule has 0 aliphatic carbocycles. The van der Waals surface area contributed by atoms with Gasteiger partial charge in [-0.1, -0.05) is 19.1 Å². The number of esters is 1. The average molecular weight is 425 g/mol. The minimum absolute atomic E-state index is 0.0214. The van der Waals surface area contributed by atoms with Crippen molar-refractivity contribution in [2.24, 2.45) is 5.73 Å². The highest BCUT2D eigenvalue weighted by Gasteiger charge is 2.30. The topological polar surface area (TPSA) is 116 Å². The lowest BCUT2D eigenvalue weighted by Gasteiger charge is -2.33. The number of nitrogens with two attached hydrogens (primary N) is 1. The van der Waals surface area contributed by atoms with E-state index in [0.717, 1.165) is 43.6 Å². The molecule has 3 rings (SSSR count). The average Bonchev–Trinajstić information content (AvgIpc) is 2.79. The Hall–Kier alpha value is -3.42. The van der Waals surface area contributed by atoms with Gasteiger partial charge in [0.1, 0.15) is 0 Å². The number of methoxy groups -OCH3 is 1. The summed E-state index contributed by atoms with van der Waals surface area (Å²) in [7, 11) is 1.30. The van der Waals surface area contributed by atoms with E-state index in [4.69, 9.17) is 10.5 Å². The number of nitro benzene ring substituents is 1. The predicted molar refractivity (Wildman–Crippen MR) is 117 cm³/mol.